The predicted molar refractivity (Wildman–Crippen MR) is 88.0 cm³/mol. The summed E-state index contributed by atoms with van der Waals surface area (Å²) in [5.41, 5.74) is 1.98. The van der Waals surface area contributed by atoms with E-state index in [-0.39, 0.29) is 18.6 Å². The molecule has 1 aromatic heterocycles. The third-order valence-electron chi connectivity index (χ3n) is 4.12. The number of ether oxygens (including phenoxy) is 1. The highest BCUT2D eigenvalue weighted by Gasteiger charge is 2.30. The third-order valence-corrected chi connectivity index (χ3v) is 4.49. The van der Waals surface area contributed by atoms with Gasteiger partial charge in [-0.1, -0.05) is 29.8 Å². The number of hydrogen-bond donors (Lipinski definition) is 0. The molecule has 1 saturated heterocycles. The zero-order valence-corrected chi connectivity index (χ0v) is 13.9. The molecule has 6 heteroatoms. The van der Waals surface area contributed by atoms with Crippen molar-refractivity contribution in [3.8, 4) is 0 Å². The molecule has 5 nitrogen and oxygen atoms in total. The Hall–Kier alpha value is -1.85. The van der Waals surface area contributed by atoms with Gasteiger partial charge in [-0.05, 0) is 24.5 Å². The Morgan fingerprint density at radius 3 is 3.00 bits per heavy atom. The van der Waals surface area contributed by atoms with Crippen LogP contribution in [0.4, 0.5) is 0 Å². The smallest absolute Gasteiger partial charge is 0.249 e. The van der Waals surface area contributed by atoms with Crippen molar-refractivity contribution in [1.29, 1.82) is 0 Å². The number of likely N-dealkylation sites (tertiary alicyclic amines) is 1. The van der Waals surface area contributed by atoms with Gasteiger partial charge in [0, 0.05) is 30.4 Å². The van der Waals surface area contributed by atoms with Crippen LogP contribution in [-0.4, -0.2) is 33.7 Å². The lowest BCUT2D eigenvalue weighted by Gasteiger charge is -2.23. The largest absolute Gasteiger partial charge is 0.367 e. The van der Waals surface area contributed by atoms with Crippen LogP contribution in [0.3, 0.4) is 0 Å². The highest BCUT2D eigenvalue weighted by atomic mass is 35.5. The fraction of sp³-hybridized carbons (Fsp3) is 0.412. The van der Waals surface area contributed by atoms with E-state index in [1.54, 1.807) is 4.68 Å². The first-order valence-corrected chi connectivity index (χ1v) is 8.12. The lowest BCUT2D eigenvalue weighted by Crippen LogP contribution is -2.33. The molecule has 0 spiro atoms. The summed E-state index contributed by atoms with van der Waals surface area (Å²) >= 11 is 6.09. The van der Waals surface area contributed by atoms with Gasteiger partial charge in [-0.3, -0.25) is 9.48 Å². The molecule has 0 bridgehead atoms. The summed E-state index contributed by atoms with van der Waals surface area (Å²) in [6.45, 7) is 1.19. The number of nitrogens with zero attached hydrogens (tertiary/aromatic N) is 3. The number of halogens is 1. The maximum atomic E-state index is 12.5. The van der Waals surface area contributed by atoms with Crippen LogP contribution in [0.1, 0.15) is 30.0 Å². The summed E-state index contributed by atoms with van der Waals surface area (Å²) in [7, 11) is 1.89. The number of aromatic nitrogens is 2. The minimum atomic E-state index is 0.0170. The maximum absolute atomic E-state index is 12.5. The van der Waals surface area contributed by atoms with Gasteiger partial charge in [-0.15, -0.1) is 0 Å². The van der Waals surface area contributed by atoms with Gasteiger partial charge < -0.3 is 9.64 Å². The topological polar surface area (TPSA) is 47.4 Å². The Morgan fingerprint density at radius 1 is 1.43 bits per heavy atom. The minimum Gasteiger partial charge on any atom is -0.367 e. The number of rotatable bonds is 5. The van der Waals surface area contributed by atoms with E-state index < -0.39 is 0 Å². The SMILES string of the molecule is Cn1cc(C2CCCN2C(=O)COCc2ccccc2Cl)cn1. The molecule has 3 rings (SSSR count). The van der Waals surface area contributed by atoms with Gasteiger partial charge in [0.15, 0.2) is 0 Å². The molecule has 2 aromatic rings. The molecule has 0 N–H and O–H groups in total. The van der Waals surface area contributed by atoms with Crippen LogP contribution < -0.4 is 0 Å². The molecule has 23 heavy (non-hydrogen) atoms. The summed E-state index contributed by atoms with van der Waals surface area (Å²) in [6, 6.07) is 7.62. The molecule has 122 valence electrons. The van der Waals surface area contributed by atoms with Gasteiger partial charge in [-0.25, -0.2) is 0 Å². The molecule has 1 aliphatic rings. The Balaban J connectivity index is 1.56. The second-order valence-electron chi connectivity index (χ2n) is 5.78. The van der Waals surface area contributed by atoms with Gasteiger partial charge in [0.05, 0.1) is 18.8 Å². The van der Waals surface area contributed by atoms with Crippen LogP contribution in [0.2, 0.25) is 5.02 Å². The summed E-state index contributed by atoms with van der Waals surface area (Å²) < 4.78 is 7.34. The van der Waals surface area contributed by atoms with E-state index in [4.69, 9.17) is 16.3 Å². The van der Waals surface area contributed by atoms with Crippen molar-refractivity contribution >= 4 is 17.5 Å². The zero-order valence-electron chi connectivity index (χ0n) is 13.1. The molecule has 2 heterocycles. The van der Waals surface area contributed by atoms with E-state index in [0.29, 0.717) is 11.6 Å². The number of carbonyl (C=O) groups excluding carboxylic acids is 1. The molecular weight excluding hydrogens is 314 g/mol. The lowest BCUT2D eigenvalue weighted by molar-refractivity contribution is -0.137. The number of hydrogen-bond acceptors (Lipinski definition) is 3. The van der Waals surface area contributed by atoms with E-state index in [1.165, 1.54) is 0 Å². The summed E-state index contributed by atoms with van der Waals surface area (Å²) in [5.74, 6) is 0.0170. The van der Waals surface area contributed by atoms with Crippen molar-refractivity contribution in [3.05, 3.63) is 52.8 Å². The first kappa shape index (κ1) is 16.0. The van der Waals surface area contributed by atoms with E-state index >= 15 is 0 Å². The summed E-state index contributed by atoms with van der Waals surface area (Å²) in [6.07, 6.45) is 5.79. The Labute approximate surface area is 140 Å². The van der Waals surface area contributed by atoms with Gasteiger partial charge >= 0.3 is 0 Å². The third kappa shape index (κ3) is 3.74. The van der Waals surface area contributed by atoms with Crippen LogP contribution in [0.5, 0.6) is 0 Å². The van der Waals surface area contributed by atoms with E-state index in [9.17, 15) is 4.79 Å². The quantitative estimate of drug-likeness (QED) is 0.845. The first-order valence-electron chi connectivity index (χ1n) is 7.74. The molecule has 0 saturated carbocycles. The fourth-order valence-corrected chi connectivity index (χ4v) is 3.16. The number of benzene rings is 1. The molecule has 1 fully saturated rings. The fourth-order valence-electron chi connectivity index (χ4n) is 2.97. The maximum Gasteiger partial charge on any atom is 0.249 e. The second kappa shape index (κ2) is 7.15. The Bertz CT molecular complexity index is 686. The highest BCUT2D eigenvalue weighted by Crippen LogP contribution is 2.31. The average Bonchev–Trinajstić information content (AvgIpc) is 3.17. The standard InChI is InChI=1S/C17H20ClN3O2/c1-20-10-14(9-19-20)16-7-4-8-21(16)17(22)12-23-11-13-5-2-3-6-15(13)18/h2-3,5-6,9-10,16H,4,7-8,11-12H2,1H3. The van der Waals surface area contributed by atoms with Crippen molar-refractivity contribution in [2.45, 2.75) is 25.5 Å². The van der Waals surface area contributed by atoms with E-state index in [1.807, 2.05) is 48.6 Å². The summed E-state index contributed by atoms with van der Waals surface area (Å²) in [4.78, 5) is 14.3. The molecule has 1 atom stereocenters. The van der Waals surface area contributed by atoms with Crippen molar-refractivity contribution in [2.75, 3.05) is 13.2 Å². The van der Waals surface area contributed by atoms with Crippen molar-refractivity contribution in [2.24, 2.45) is 7.05 Å². The number of aryl methyl sites for hydroxylation is 1. The molecule has 1 aliphatic heterocycles. The summed E-state index contributed by atoms with van der Waals surface area (Å²) in [5, 5.41) is 4.86. The molecule has 0 aliphatic carbocycles. The van der Waals surface area contributed by atoms with E-state index in [2.05, 4.69) is 5.10 Å². The molecule has 1 aromatic carbocycles. The normalized spacial score (nSPS) is 17.7. The first-order chi connectivity index (χ1) is 11.1. The Morgan fingerprint density at radius 2 is 2.26 bits per heavy atom. The second-order valence-corrected chi connectivity index (χ2v) is 6.18. The van der Waals surface area contributed by atoms with Gasteiger partial charge in [0.2, 0.25) is 5.91 Å². The molecule has 0 radical (unpaired) electrons. The van der Waals surface area contributed by atoms with Crippen LogP contribution in [0.15, 0.2) is 36.7 Å². The van der Waals surface area contributed by atoms with Crippen molar-refractivity contribution in [1.82, 2.24) is 14.7 Å². The van der Waals surface area contributed by atoms with Gasteiger partial charge in [0.1, 0.15) is 6.61 Å². The van der Waals surface area contributed by atoms with E-state index in [0.717, 1.165) is 30.5 Å². The minimum absolute atomic E-state index is 0.0170. The van der Waals surface area contributed by atoms with Crippen molar-refractivity contribution < 1.29 is 9.53 Å². The monoisotopic (exact) mass is 333 g/mol. The van der Waals surface area contributed by atoms with Gasteiger partial charge in [-0.2, -0.15) is 5.10 Å². The van der Waals surface area contributed by atoms with Crippen LogP contribution >= 0.6 is 11.6 Å². The van der Waals surface area contributed by atoms with Crippen LogP contribution in [0, 0.1) is 0 Å². The number of carbonyl (C=O) groups is 1. The van der Waals surface area contributed by atoms with Crippen LogP contribution in [-0.2, 0) is 23.2 Å². The van der Waals surface area contributed by atoms with Crippen LogP contribution in [0.25, 0.3) is 0 Å². The predicted octanol–water partition coefficient (Wildman–Crippen LogP) is 2.95. The zero-order chi connectivity index (χ0) is 16.2. The average molecular weight is 334 g/mol. The number of amides is 1. The van der Waals surface area contributed by atoms with Crippen molar-refractivity contribution in [3.63, 3.8) is 0 Å². The molecular formula is C17H20ClN3O2. The van der Waals surface area contributed by atoms with Gasteiger partial charge in [0.25, 0.3) is 0 Å². The molecule has 1 unspecified atom stereocenters. The lowest BCUT2D eigenvalue weighted by atomic mass is 10.1. The molecule has 1 amide bonds. The Kier molecular flexibility index (Phi) is 4.98. The highest BCUT2D eigenvalue weighted by molar-refractivity contribution is 6.31.